The van der Waals surface area contributed by atoms with Crippen molar-refractivity contribution in [2.75, 3.05) is 4.90 Å². The predicted octanol–water partition coefficient (Wildman–Crippen LogP) is 2.46. The molecular weight excluding hydrogens is 252 g/mol. The highest BCUT2D eigenvalue weighted by atomic mass is 16.2. The van der Waals surface area contributed by atoms with Crippen LogP contribution in [0.1, 0.15) is 33.6 Å². The first kappa shape index (κ1) is 11.3. The maximum atomic E-state index is 12.8. The molecule has 4 heteroatoms. The van der Waals surface area contributed by atoms with Crippen molar-refractivity contribution in [1.82, 2.24) is 4.98 Å². The molecule has 2 heterocycles. The highest BCUT2D eigenvalue weighted by molar-refractivity contribution is 6.24. The van der Waals surface area contributed by atoms with Crippen LogP contribution in [0.25, 0.3) is 0 Å². The van der Waals surface area contributed by atoms with E-state index in [0.29, 0.717) is 11.1 Å². The third kappa shape index (κ3) is 1.33. The summed E-state index contributed by atoms with van der Waals surface area (Å²) in [7, 11) is 0. The predicted molar refractivity (Wildman–Crippen MR) is 73.8 cm³/mol. The van der Waals surface area contributed by atoms with Gasteiger partial charge in [0.25, 0.3) is 5.91 Å². The maximum Gasteiger partial charge on any atom is 0.259 e. The third-order valence-electron chi connectivity index (χ3n) is 4.09. The lowest BCUT2D eigenvalue weighted by atomic mass is 10.1. The Hall–Kier alpha value is -2.49. The van der Waals surface area contributed by atoms with Crippen molar-refractivity contribution >= 4 is 17.4 Å². The number of carbonyl (C=O) groups excluding carboxylic acids is 2. The summed E-state index contributed by atoms with van der Waals surface area (Å²) in [5.74, 6) is -0.0429. The molecule has 20 heavy (non-hydrogen) atoms. The molecule has 1 spiro atoms. The van der Waals surface area contributed by atoms with Gasteiger partial charge in [-0.2, -0.15) is 0 Å². The Morgan fingerprint density at radius 2 is 1.80 bits per heavy atom. The van der Waals surface area contributed by atoms with Gasteiger partial charge in [-0.3, -0.25) is 19.5 Å². The molecule has 1 fully saturated rings. The van der Waals surface area contributed by atoms with E-state index in [1.54, 1.807) is 35.5 Å². The average Bonchev–Trinajstić information content (AvgIpc) is 3.25. The largest absolute Gasteiger partial charge is 0.294 e. The number of para-hydroxylation sites is 1. The first-order valence-electron chi connectivity index (χ1n) is 6.62. The molecule has 4 rings (SSSR count). The number of ketones is 1. The van der Waals surface area contributed by atoms with E-state index in [2.05, 4.69) is 4.98 Å². The molecule has 1 aromatic heterocycles. The van der Waals surface area contributed by atoms with Crippen molar-refractivity contribution in [2.45, 2.75) is 18.4 Å². The molecule has 0 atom stereocenters. The van der Waals surface area contributed by atoms with E-state index in [-0.39, 0.29) is 11.7 Å². The first-order chi connectivity index (χ1) is 9.74. The molecule has 98 valence electrons. The van der Waals surface area contributed by atoms with Crippen molar-refractivity contribution in [3.8, 4) is 0 Å². The molecule has 1 amide bonds. The second-order valence-electron chi connectivity index (χ2n) is 5.25. The van der Waals surface area contributed by atoms with Gasteiger partial charge < -0.3 is 0 Å². The lowest BCUT2D eigenvalue weighted by Gasteiger charge is -2.24. The van der Waals surface area contributed by atoms with E-state index in [9.17, 15) is 9.59 Å². The second kappa shape index (κ2) is 3.76. The number of amides is 1. The fourth-order valence-electron chi connectivity index (χ4n) is 2.94. The zero-order valence-corrected chi connectivity index (χ0v) is 10.7. The van der Waals surface area contributed by atoms with Gasteiger partial charge in [-0.25, -0.2) is 0 Å². The van der Waals surface area contributed by atoms with E-state index >= 15 is 0 Å². The summed E-state index contributed by atoms with van der Waals surface area (Å²) >= 11 is 0. The summed E-state index contributed by atoms with van der Waals surface area (Å²) in [5, 5.41) is 0. The van der Waals surface area contributed by atoms with Crippen molar-refractivity contribution in [2.24, 2.45) is 0 Å². The second-order valence-corrected chi connectivity index (χ2v) is 5.25. The minimum absolute atomic E-state index is 0.0792. The number of nitrogens with zero attached hydrogens (tertiary/aromatic N) is 2. The Bertz CT molecular complexity index is 720. The van der Waals surface area contributed by atoms with E-state index < -0.39 is 5.54 Å². The minimum Gasteiger partial charge on any atom is -0.294 e. The Kier molecular flexibility index (Phi) is 2.13. The average molecular weight is 264 g/mol. The topological polar surface area (TPSA) is 50.3 Å². The molecule has 0 radical (unpaired) electrons. The standard InChI is InChI=1S/C16H12N2O2/c19-14-12-3-1-2-4-13(12)18(16(14)7-8-16)15(20)11-5-9-17-10-6-11/h1-6,9-10H,7-8H2. The summed E-state index contributed by atoms with van der Waals surface area (Å²) < 4.78 is 0. The number of hydrogen-bond donors (Lipinski definition) is 0. The van der Waals surface area contributed by atoms with Gasteiger partial charge in [0.1, 0.15) is 5.54 Å². The van der Waals surface area contributed by atoms with E-state index in [1.165, 1.54) is 0 Å². The van der Waals surface area contributed by atoms with E-state index in [1.807, 2.05) is 18.2 Å². The zero-order valence-electron chi connectivity index (χ0n) is 10.7. The van der Waals surface area contributed by atoms with E-state index in [0.717, 1.165) is 18.5 Å². The van der Waals surface area contributed by atoms with Gasteiger partial charge in [0, 0.05) is 23.5 Å². The van der Waals surface area contributed by atoms with Crippen molar-refractivity contribution in [3.63, 3.8) is 0 Å². The quantitative estimate of drug-likeness (QED) is 0.795. The minimum atomic E-state index is -0.621. The van der Waals surface area contributed by atoms with Crippen LogP contribution in [0.5, 0.6) is 0 Å². The van der Waals surface area contributed by atoms with Crippen LogP contribution in [0.15, 0.2) is 48.8 Å². The van der Waals surface area contributed by atoms with Crippen LogP contribution in [-0.2, 0) is 0 Å². The Labute approximate surface area is 116 Å². The number of rotatable bonds is 1. The van der Waals surface area contributed by atoms with E-state index in [4.69, 9.17) is 0 Å². The summed E-state index contributed by atoms with van der Waals surface area (Å²) in [6.45, 7) is 0. The Balaban J connectivity index is 1.86. The molecule has 1 aliphatic carbocycles. The summed E-state index contributed by atoms with van der Waals surface area (Å²) in [5.41, 5.74) is 1.34. The number of hydrogen-bond acceptors (Lipinski definition) is 3. The molecule has 0 unspecified atom stereocenters. The van der Waals surface area contributed by atoms with Crippen LogP contribution in [-0.4, -0.2) is 22.2 Å². The SMILES string of the molecule is O=C(c1ccncc1)N1c2ccccc2C(=O)C12CC2. The summed E-state index contributed by atoms with van der Waals surface area (Å²) in [6.07, 6.45) is 4.68. The van der Waals surface area contributed by atoms with Crippen LogP contribution >= 0.6 is 0 Å². The highest BCUT2D eigenvalue weighted by Crippen LogP contribution is 2.53. The Morgan fingerprint density at radius 1 is 1.10 bits per heavy atom. The fraction of sp³-hybridized carbons (Fsp3) is 0.188. The summed E-state index contributed by atoms with van der Waals surface area (Å²) in [6, 6.07) is 10.7. The third-order valence-corrected chi connectivity index (χ3v) is 4.09. The normalized spacial score (nSPS) is 18.2. The van der Waals surface area contributed by atoms with Crippen molar-refractivity contribution < 1.29 is 9.59 Å². The highest BCUT2D eigenvalue weighted by Gasteiger charge is 2.61. The number of benzene rings is 1. The molecule has 1 aromatic carbocycles. The van der Waals surface area contributed by atoms with Crippen molar-refractivity contribution in [3.05, 3.63) is 59.9 Å². The molecule has 4 nitrogen and oxygen atoms in total. The van der Waals surface area contributed by atoms with Gasteiger partial charge in [0.15, 0.2) is 5.78 Å². The van der Waals surface area contributed by atoms with Crippen LogP contribution in [0.3, 0.4) is 0 Å². The molecule has 0 saturated heterocycles. The van der Waals surface area contributed by atoms with Gasteiger partial charge >= 0.3 is 0 Å². The molecule has 0 N–H and O–H groups in total. The van der Waals surface area contributed by atoms with Gasteiger partial charge in [0.05, 0.1) is 5.69 Å². The Morgan fingerprint density at radius 3 is 2.50 bits per heavy atom. The van der Waals surface area contributed by atoms with Crippen LogP contribution in [0.2, 0.25) is 0 Å². The summed E-state index contributed by atoms with van der Waals surface area (Å²) in [4.78, 5) is 30.9. The number of fused-ring (bicyclic) bond motifs is 1. The molecular formula is C16H12N2O2. The number of pyridine rings is 1. The number of anilines is 1. The van der Waals surface area contributed by atoms with Crippen molar-refractivity contribution in [1.29, 1.82) is 0 Å². The fourth-order valence-corrected chi connectivity index (χ4v) is 2.94. The molecule has 1 aliphatic heterocycles. The van der Waals surface area contributed by atoms with Gasteiger partial charge in [0.2, 0.25) is 0 Å². The molecule has 0 bridgehead atoms. The number of carbonyl (C=O) groups is 2. The first-order valence-corrected chi connectivity index (χ1v) is 6.62. The molecule has 2 aromatic rings. The zero-order chi connectivity index (χ0) is 13.7. The lowest BCUT2D eigenvalue weighted by Crippen LogP contribution is -2.42. The number of Topliss-reactive ketones (excluding diaryl/α,β-unsaturated/α-hetero) is 1. The maximum absolute atomic E-state index is 12.8. The van der Waals surface area contributed by atoms with Crippen LogP contribution in [0.4, 0.5) is 5.69 Å². The lowest BCUT2D eigenvalue weighted by molar-refractivity contribution is 0.0903. The molecule has 1 saturated carbocycles. The monoisotopic (exact) mass is 264 g/mol. The van der Waals surface area contributed by atoms with Gasteiger partial charge in [-0.1, -0.05) is 12.1 Å². The number of aromatic nitrogens is 1. The smallest absolute Gasteiger partial charge is 0.259 e. The molecule has 2 aliphatic rings. The van der Waals surface area contributed by atoms with Gasteiger partial charge in [-0.15, -0.1) is 0 Å². The van der Waals surface area contributed by atoms with Gasteiger partial charge in [-0.05, 0) is 37.1 Å². The van der Waals surface area contributed by atoms with Crippen LogP contribution < -0.4 is 4.90 Å². The van der Waals surface area contributed by atoms with Crippen LogP contribution in [0, 0.1) is 0 Å².